The van der Waals surface area contributed by atoms with Crippen LogP contribution in [0.5, 0.6) is 0 Å². The minimum absolute atomic E-state index is 0.144. The quantitative estimate of drug-likeness (QED) is 0.632. The Hall–Kier alpha value is -1.66. The summed E-state index contributed by atoms with van der Waals surface area (Å²) in [6, 6.07) is 4.02. The zero-order valence-electron chi connectivity index (χ0n) is 8.05. The van der Waals surface area contributed by atoms with Gasteiger partial charge in [-0.2, -0.15) is 0 Å². The monoisotopic (exact) mass is 245 g/mol. The summed E-state index contributed by atoms with van der Waals surface area (Å²) < 4.78 is 4.76. The third kappa shape index (κ3) is 3.48. The second-order valence-corrected chi connectivity index (χ2v) is 3.35. The Balaban J connectivity index is 2.80. The number of hydrogen-bond donors (Lipinski definition) is 1. The van der Waals surface area contributed by atoms with Gasteiger partial charge < -0.3 is 9.84 Å². The molecule has 86 valence electrons. The number of carbonyl (C=O) groups is 1. The van der Waals surface area contributed by atoms with Gasteiger partial charge >= 0.3 is 5.97 Å². The number of carboxylic acid groups (broad SMARTS) is 1. The van der Waals surface area contributed by atoms with Crippen LogP contribution in [-0.2, 0) is 16.1 Å². The van der Waals surface area contributed by atoms with Crippen LogP contribution in [0, 0.1) is 10.1 Å². The van der Waals surface area contributed by atoms with E-state index in [0.717, 1.165) is 0 Å². The number of nitrogens with zero attached hydrogens (tertiary/aromatic N) is 1. The SMILES string of the molecule is O=C(O)COCc1cc(Cl)ccc1[N+](=O)[O-]. The second-order valence-electron chi connectivity index (χ2n) is 2.92. The number of nitro benzene ring substituents is 1. The number of hydrogen-bond acceptors (Lipinski definition) is 4. The lowest BCUT2D eigenvalue weighted by atomic mass is 10.2. The maximum atomic E-state index is 10.6. The van der Waals surface area contributed by atoms with Gasteiger partial charge in [0.25, 0.3) is 5.69 Å². The third-order valence-electron chi connectivity index (χ3n) is 1.72. The van der Waals surface area contributed by atoms with Gasteiger partial charge in [0.1, 0.15) is 6.61 Å². The van der Waals surface area contributed by atoms with Crippen molar-refractivity contribution in [3.63, 3.8) is 0 Å². The molecule has 0 aliphatic rings. The Labute approximate surface area is 95.6 Å². The summed E-state index contributed by atoms with van der Waals surface area (Å²) in [6.07, 6.45) is 0. The summed E-state index contributed by atoms with van der Waals surface area (Å²) in [7, 11) is 0. The molecule has 0 aromatic heterocycles. The molecule has 0 amide bonds. The number of halogens is 1. The Morgan fingerprint density at radius 3 is 2.81 bits per heavy atom. The Kier molecular flexibility index (Phi) is 4.21. The number of benzene rings is 1. The zero-order valence-corrected chi connectivity index (χ0v) is 8.81. The first-order valence-corrected chi connectivity index (χ1v) is 4.61. The smallest absolute Gasteiger partial charge is 0.329 e. The zero-order chi connectivity index (χ0) is 12.1. The average molecular weight is 246 g/mol. The minimum atomic E-state index is -1.13. The third-order valence-corrected chi connectivity index (χ3v) is 1.96. The van der Waals surface area contributed by atoms with Gasteiger partial charge in [0.05, 0.1) is 17.1 Å². The van der Waals surface area contributed by atoms with Gasteiger partial charge in [-0.3, -0.25) is 10.1 Å². The molecule has 0 saturated heterocycles. The fourth-order valence-electron chi connectivity index (χ4n) is 1.10. The predicted octanol–water partition coefficient (Wildman–Crippen LogP) is 1.85. The van der Waals surface area contributed by atoms with Gasteiger partial charge in [-0.1, -0.05) is 11.6 Å². The lowest BCUT2D eigenvalue weighted by Crippen LogP contribution is -2.07. The normalized spacial score (nSPS) is 10.1. The highest BCUT2D eigenvalue weighted by Crippen LogP contribution is 2.23. The molecule has 0 aliphatic carbocycles. The van der Waals surface area contributed by atoms with Crippen molar-refractivity contribution in [2.45, 2.75) is 6.61 Å². The molecule has 1 N–H and O–H groups in total. The van der Waals surface area contributed by atoms with Crippen LogP contribution < -0.4 is 0 Å². The average Bonchev–Trinajstić information content (AvgIpc) is 2.16. The molecular formula is C9H8ClNO5. The van der Waals surface area contributed by atoms with Crippen LogP contribution in [0.4, 0.5) is 5.69 Å². The molecule has 0 atom stereocenters. The molecule has 0 aliphatic heterocycles. The summed E-state index contributed by atoms with van der Waals surface area (Å²) in [5, 5.41) is 19.3. The fraction of sp³-hybridized carbons (Fsp3) is 0.222. The number of aliphatic carboxylic acids is 1. The maximum Gasteiger partial charge on any atom is 0.329 e. The maximum absolute atomic E-state index is 10.6. The molecule has 1 aromatic carbocycles. The number of ether oxygens (including phenoxy) is 1. The van der Waals surface area contributed by atoms with Crippen molar-refractivity contribution in [3.8, 4) is 0 Å². The highest BCUT2D eigenvalue weighted by atomic mass is 35.5. The first-order chi connectivity index (χ1) is 7.50. The van der Waals surface area contributed by atoms with E-state index in [1.807, 2.05) is 0 Å². The second kappa shape index (κ2) is 5.43. The van der Waals surface area contributed by atoms with Gasteiger partial charge in [0.15, 0.2) is 0 Å². The Morgan fingerprint density at radius 1 is 1.56 bits per heavy atom. The van der Waals surface area contributed by atoms with Crippen molar-refractivity contribution >= 4 is 23.3 Å². The van der Waals surface area contributed by atoms with E-state index in [2.05, 4.69) is 0 Å². The molecule has 0 radical (unpaired) electrons. The van der Waals surface area contributed by atoms with E-state index < -0.39 is 17.5 Å². The summed E-state index contributed by atoms with van der Waals surface area (Å²) in [6.45, 7) is -0.674. The molecular weight excluding hydrogens is 238 g/mol. The van der Waals surface area contributed by atoms with Crippen LogP contribution in [0.1, 0.15) is 5.56 Å². The van der Waals surface area contributed by atoms with Crippen LogP contribution in [-0.4, -0.2) is 22.6 Å². The highest BCUT2D eigenvalue weighted by Gasteiger charge is 2.14. The predicted molar refractivity (Wildman–Crippen MR) is 55.4 cm³/mol. The van der Waals surface area contributed by atoms with Gasteiger partial charge in [0, 0.05) is 11.1 Å². The van der Waals surface area contributed by atoms with E-state index in [4.69, 9.17) is 21.4 Å². The van der Waals surface area contributed by atoms with Gasteiger partial charge in [-0.25, -0.2) is 4.79 Å². The van der Waals surface area contributed by atoms with Crippen molar-refractivity contribution in [1.82, 2.24) is 0 Å². The molecule has 0 fully saturated rings. The van der Waals surface area contributed by atoms with Crippen LogP contribution >= 0.6 is 11.6 Å². The number of nitro groups is 1. The summed E-state index contributed by atoms with van der Waals surface area (Å²) in [5.74, 6) is -1.13. The molecule has 0 heterocycles. The summed E-state index contributed by atoms with van der Waals surface area (Å²) >= 11 is 5.67. The van der Waals surface area contributed by atoms with E-state index in [0.29, 0.717) is 5.02 Å². The molecule has 1 aromatic rings. The van der Waals surface area contributed by atoms with E-state index in [1.165, 1.54) is 18.2 Å². The fourth-order valence-corrected chi connectivity index (χ4v) is 1.29. The first-order valence-electron chi connectivity index (χ1n) is 4.23. The van der Waals surface area contributed by atoms with Gasteiger partial charge in [-0.15, -0.1) is 0 Å². The van der Waals surface area contributed by atoms with Crippen molar-refractivity contribution in [3.05, 3.63) is 38.9 Å². The van der Waals surface area contributed by atoms with Crippen LogP contribution in [0.15, 0.2) is 18.2 Å². The van der Waals surface area contributed by atoms with Crippen molar-refractivity contribution < 1.29 is 19.6 Å². The molecule has 6 nitrogen and oxygen atoms in total. The van der Waals surface area contributed by atoms with Gasteiger partial charge in [-0.05, 0) is 12.1 Å². The summed E-state index contributed by atoms with van der Waals surface area (Å²) in [4.78, 5) is 20.2. The molecule has 0 unspecified atom stereocenters. The van der Waals surface area contributed by atoms with Crippen LogP contribution in [0.25, 0.3) is 0 Å². The van der Waals surface area contributed by atoms with E-state index in [1.54, 1.807) is 0 Å². The van der Waals surface area contributed by atoms with Crippen molar-refractivity contribution in [1.29, 1.82) is 0 Å². The van der Waals surface area contributed by atoms with Crippen LogP contribution in [0.2, 0.25) is 5.02 Å². The minimum Gasteiger partial charge on any atom is -0.480 e. The standard InChI is InChI=1S/C9H8ClNO5/c10-7-1-2-8(11(14)15)6(3-7)4-16-5-9(12)13/h1-3H,4-5H2,(H,12,13). The topological polar surface area (TPSA) is 89.7 Å². The lowest BCUT2D eigenvalue weighted by Gasteiger charge is -2.03. The van der Waals surface area contributed by atoms with E-state index in [-0.39, 0.29) is 17.9 Å². The molecule has 0 spiro atoms. The number of rotatable bonds is 5. The molecule has 7 heteroatoms. The van der Waals surface area contributed by atoms with E-state index in [9.17, 15) is 14.9 Å². The largest absolute Gasteiger partial charge is 0.480 e. The lowest BCUT2D eigenvalue weighted by molar-refractivity contribution is -0.385. The number of carboxylic acids is 1. The molecule has 0 bridgehead atoms. The highest BCUT2D eigenvalue weighted by molar-refractivity contribution is 6.30. The van der Waals surface area contributed by atoms with Crippen LogP contribution in [0.3, 0.4) is 0 Å². The molecule has 0 saturated carbocycles. The Bertz CT molecular complexity index is 420. The molecule has 1 rings (SSSR count). The molecule has 16 heavy (non-hydrogen) atoms. The first kappa shape index (κ1) is 12.4. The van der Waals surface area contributed by atoms with E-state index >= 15 is 0 Å². The van der Waals surface area contributed by atoms with Crippen molar-refractivity contribution in [2.75, 3.05) is 6.61 Å². The summed E-state index contributed by atoms with van der Waals surface area (Å²) in [5.41, 5.74) is 0.105. The van der Waals surface area contributed by atoms with Gasteiger partial charge in [0.2, 0.25) is 0 Å². The Morgan fingerprint density at radius 2 is 2.25 bits per heavy atom. The van der Waals surface area contributed by atoms with Crippen molar-refractivity contribution in [2.24, 2.45) is 0 Å².